The zero-order valence-electron chi connectivity index (χ0n) is 10.6. The molecule has 1 aromatic carbocycles. The number of hydrogen-bond donors (Lipinski definition) is 0. The molecule has 0 saturated heterocycles. The maximum atomic E-state index is 11.9. The van der Waals surface area contributed by atoms with Crippen LogP contribution in [0, 0.1) is 0 Å². The molecule has 0 atom stereocenters. The minimum absolute atomic E-state index is 0.0436. The van der Waals surface area contributed by atoms with Gasteiger partial charge in [-0.15, -0.1) is 0 Å². The van der Waals surface area contributed by atoms with Gasteiger partial charge in [0, 0.05) is 12.6 Å². The molecule has 0 aromatic heterocycles. The van der Waals surface area contributed by atoms with E-state index in [0.29, 0.717) is 5.56 Å². The summed E-state index contributed by atoms with van der Waals surface area (Å²) < 4.78 is 0. The highest BCUT2D eigenvalue weighted by Gasteiger charge is 2.17. The molecule has 3 nitrogen and oxygen atoms in total. The van der Waals surface area contributed by atoms with Crippen LogP contribution in [-0.2, 0) is 10.3 Å². The summed E-state index contributed by atoms with van der Waals surface area (Å²) in [6, 6.07) is 7.64. The van der Waals surface area contributed by atoms with Crippen LogP contribution in [0.1, 0.15) is 36.7 Å². The first kappa shape index (κ1) is 12.7. The largest absolute Gasteiger partial charge is 0.277 e. The monoisotopic (exact) mass is 221 g/mol. The van der Waals surface area contributed by atoms with Crippen LogP contribution in [0.2, 0.25) is 0 Å². The van der Waals surface area contributed by atoms with Gasteiger partial charge in [0.15, 0.2) is 0 Å². The Morgan fingerprint density at radius 2 is 1.94 bits per heavy atom. The van der Waals surface area contributed by atoms with E-state index in [2.05, 4.69) is 20.8 Å². The molecule has 0 aliphatic heterocycles. The van der Waals surface area contributed by atoms with Crippen LogP contribution in [0.25, 0.3) is 0 Å². The van der Waals surface area contributed by atoms with Crippen molar-refractivity contribution in [1.82, 2.24) is 5.06 Å². The van der Waals surface area contributed by atoms with Crippen LogP contribution in [0.3, 0.4) is 0 Å². The van der Waals surface area contributed by atoms with Crippen molar-refractivity contribution in [3.63, 3.8) is 0 Å². The Morgan fingerprint density at radius 3 is 2.44 bits per heavy atom. The number of nitrogens with zero attached hydrogens (tertiary/aromatic N) is 1. The summed E-state index contributed by atoms with van der Waals surface area (Å²) >= 11 is 0. The zero-order chi connectivity index (χ0) is 12.3. The quantitative estimate of drug-likeness (QED) is 0.718. The fourth-order valence-corrected chi connectivity index (χ4v) is 1.38. The Morgan fingerprint density at radius 1 is 1.31 bits per heavy atom. The summed E-state index contributed by atoms with van der Waals surface area (Å²) in [6.07, 6.45) is 0. The molecule has 0 aliphatic carbocycles. The summed E-state index contributed by atoms with van der Waals surface area (Å²) in [5.41, 5.74) is 1.83. The number of benzene rings is 1. The predicted molar refractivity (Wildman–Crippen MR) is 64.2 cm³/mol. The second-order valence-corrected chi connectivity index (χ2v) is 4.82. The van der Waals surface area contributed by atoms with E-state index in [4.69, 9.17) is 4.84 Å². The highest BCUT2D eigenvalue weighted by molar-refractivity contribution is 5.93. The molecule has 0 spiro atoms. The molecule has 3 heteroatoms. The average Bonchev–Trinajstić information content (AvgIpc) is 2.26. The van der Waals surface area contributed by atoms with E-state index in [1.165, 1.54) is 12.2 Å². The first-order chi connectivity index (χ1) is 7.36. The molecule has 0 aliphatic rings. The third-order valence-corrected chi connectivity index (χ3v) is 2.54. The topological polar surface area (TPSA) is 29.5 Å². The lowest BCUT2D eigenvalue weighted by Gasteiger charge is -2.20. The molecular weight excluding hydrogens is 202 g/mol. The SMILES string of the molecule is CON(C)C(=O)c1cccc(C(C)(C)C)c1. The number of amides is 1. The second-order valence-electron chi connectivity index (χ2n) is 4.82. The Hall–Kier alpha value is -1.35. The van der Waals surface area contributed by atoms with E-state index in [9.17, 15) is 4.79 Å². The highest BCUT2D eigenvalue weighted by Crippen LogP contribution is 2.23. The smallest absolute Gasteiger partial charge is 0.274 e. The molecule has 16 heavy (non-hydrogen) atoms. The van der Waals surface area contributed by atoms with Crippen molar-refractivity contribution in [2.75, 3.05) is 14.2 Å². The van der Waals surface area contributed by atoms with Gasteiger partial charge in [0.2, 0.25) is 0 Å². The van der Waals surface area contributed by atoms with Crippen molar-refractivity contribution in [3.8, 4) is 0 Å². The van der Waals surface area contributed by atoms with Crippen molar-refractivity contribution in [2.45, 2.75) is 26.2 Å². The van der Waals surface area contributed by atoms with Crippen molar-refractivity contribution in [3.05, 3.63) is 35.4 Å². The van der Waals surface area contributed by atoms with Crippen molar-refractivity contribution in [2.24, 2.45) is 0 Å². The highest BCUT2D eigenvalue weighted by atomic mass is 16.7. The minimum Gasteiger partial charge on any atom is -0.274 e. The van der Waals surface area contributed by atoms with Crippen molar-refractivity contribution < 1.29 is 9.63 Å². The normalized spacial score (nSPS) is 11.3. The van der Waals surface area contributed by atoms with E-state index in [1.807, 2.05) is 18.2 Å². The Labute approximate surface area is 97.0 Å². The molecule has 0 unspecified atom stereocenters. The molecule has 0 radical (unpaired) electrons. The van der Waals surface area contributed by atoms with E-state index < -0.39 is 0 Å². The summed E-state index contributed by atoms with van der Waals surface area (Å²) in [4.78, 5) is 16.7. The van der Waals surface area contributed by atoms with Gasteiger partial charge in [-0.2, -0.15) is 0 Å². The summed E-state index contributed by atoms with van der Waals surface area (Å²) in [7, 11) is 3.08. The van der Waals surface area contributed by atoms with E-state index in [1.54, 1.807) is 13.1 Å². The molecule has 0 heterocycles. The van der Waals surface area contributed by atoms with Crippen molar-refractivity contribution >= 4 is 5.91 Å². The molecule has 1 rings (SSSR count). The van der Waals surface area contributed by atoms with E-state index in [-0.39, 0.29) is 11.3 Å². The molecule has 0 saturated carbocycles. The van der Waals surface area contributed by atoms with Crippen LogP contribution in [-0.4, -0.2) is 25.1 Å². The third kappa shape index (κ3) is 2.83. The standard InChI is InChI=1S/C13H19NO2/c1-13(2,3)11-8-6-7-10(9-11)12(15)14(4)16-5/h6-9H,1-5H3. The Kier molecular flexibility index (Phi) is 3.70. The van der Waals surface area contributed by atoms with E-state index in [0.717, 1.165) is 5.56 Å². The van der Waals surface area contributed by atoms with Gasteiger partial charge < -0.3 is 0 Å². The number of carbonyl (C=O) groups is 1. The van der Waals surface area contributed by atoms with Gasteiger partial charge in [0.25, 0.3) is 5.91 Å². The van der Waals surface area contributed by atoms with Crippen LogP contribution < -0.4 is 0 Å². The van der Waals surface area contributed by atoms with Gasteiger partial charge in [-0.1, -0.05) is 32.9 Å². The summed E-state index contributed by atoms with van der Waals surface area (Å²) in [5, 5.41) is 1.22. The van der Waals surface area contributed by atoms with Gasteiger partial charge in [-0.05, 0) is 23.1 Å². The molecule has 1 amide bonds. The van der Waals surface area contributed by atoms with Crippen LogP contribution in [0.4, 0.5) is 0 Å². The molecule has 0 bridgehead atoms. The molecule has 1 aromatic rings. The average molecular weight is 221 g/mol. The Balaban J connectivity index is 3.04. The minimum atomic E-state index is -0.131. The zero-order valence-corrected chi connectivity index (χ0v) is 10.6. The van der Waals surface area contributed by atoms with E-state index >= 15 is 0 Å². The first-order valence-corrected chi connectivity index (χ1v) is 5.29. The second kappa shape index (κ2) is 4.66. The van der Waals surface area contributed by atoms with Gasteiger partial charge in [-0.25, -0.2) is 5.06 Å². The maximum Gasteiger partial charge on any atom is 0.277 e. The lowest BCUT2D eigenvalue weighted by molar-refractivity contribution is -0.0757. The fraction of sp³-hybridized carbons (Fsp3) is 0.462. The van der Waals surface area contributed by atoms with Crippen LogP contribution in [0.15, 0.2) is 24.3 Å². The first-order valence-electron chi connectivity index (χ1n) is 5.29. The van der Waals surface area contributed by atoms with Crippen LogP contribution >= 0.6 is 0 Å². The maximum absolute atomic E-state index is 11.9. The number of carbonyl (C=O) groups excluding carboxylic acids is 1. The van der Waals surface area contributed by atoms with Gasteiger partial charge in [0.05, 0.1) is 7.11 Å². The molecule has 0 fully saturated rings. The Bertz CT molecular complexity index is 380. The van der Waals surface area contributed by atoms with Crippen LogP contribution in [0.5, 0.6) is 0 Å². The third-order valence-electron chi connectivity index (χ3n) is 2.54. The number of rotatable bonds is 2. The molecular formula is C13H19NO2. The van der Waals surface area contributed by atoms with Gasteiger partial charge >= 0.3 is 0 Å². The van der Waals surface area contributed by atoms with Gasteiger partial charge in [0.1, 0.15) is 0 Å². The number of hydrogen-bond acceptors (Lipinski definition) is 2. The summed E-state index contributed by atoms with van der Waals surface area (Å²) in [6.45, 7) is 6.36. The number of hydroxylamine groups is 2. The lowest BCUT2D eigenvalue weighted by atomic mass is 9.86. The predicted octanol–water partition coefficient (Wildman–Crippen LogP) is 2.62. The fourth-order valence-electron chi connectivity index (χ4n) is 1.38. The summed E-state index contributed by atoms with van der Waals surface area (Å²) in [5.74, 6) is -0.131. The molecule has 0 N–H and O–H groups in total. The van der Waals surface area contributed by atoms with Gasteiger partial charge in [-0.3, -0.25) is 9.63 Å². The lowest BCUT2D eigenvalue weighted by Crippen LogP contribution is -2.25. The van der Waals surface area contributed by atoms with Crippen molar-refractivity contribution in [1.29, 1.82) is 0 Å². The molecule has 88 valence electrons.